The van der Waals surface area contributed by atoms with Gasteiger partial charge in [0.25, 0.3) is 0 Å². The molecule has 0 amide bonds. The number of anilines is 1. The van der Waals surface area contributed by atoms with Gasteiger partial charge >= 0.3 is 5.69 Å². The van der Waals surface area contributed by atoms with Gasteiger partial charge in [0.1, 0.15) is 0 Å². The van der Waals surface area contributed by atoms with Crippen LogP contribution in [0.25, 0.3) is 0 Å². The highest BCUT2D eigenvalue weighted by molar-refractivity contribution is 5.55. The standard InChI is InChI=1S/C10H14N4O3/c1-8-6-9(14(15)16)10(11-7-8)12-13-2-4-17-5-3-13/h6-7H,2-5H2,1H3,(H,11,12). The van der Waals surface area contributed by atoms with Crippen LogP contribution in [0.5, 0.6) is 0 Å². The van der Waals surface area contributed by atoms with Gasteiger partial charge in [-0.15, -0.1) is 0 Å². The van der Waals surface area contributed by atoms with Gasteiger partial charge in [-0.2, -0.15) is 0 Å². The molecule has 7 nitrogen and oxygen atoms in total. The minimum absolute atomic E-state index is 0.00325. The molecular weight excluding hydrogens is 224 g/mol. The van der Waals surface area contributed by atoms with Gasteiger partial charge in [-0.25, -0.2) is 9.99 Å². The predicted molar refractivity (Wildman–Crippen MR) is 61.6 cm³/mol. The Labute approximate surface area is 98.5 Å². The molecule has 0 unspecified atom stereocenters. The molecule has 0 atom stereocenters. The summed E-state index contributed by atoms with van der Waals surface area (Å²) in [5.41, 5.74) is 3.72. The van der Waals surface area contributed by atoms with Crippen molar-refractivity contribution >= 4 is 11.5 Å². The molecular formula is C10H14N4O3. The molecule has 17 heavy (non-hydrogen) atoms. The van der Waals surface area contributed by atoms with E-state index >= 15 is 0 Å². The van der Waals surface area contributed by atoms with Gasteiger partial charge in [0.15, 0.2) is 0 Å². The summed E-state index contributed by atoms with van der Waals surface area (Å²) < 4.78 is 5.20. The number of hydrazine groups is 1. The average molecular weight is 238 g/mol. The largest absolute Gasteiger partial charge is 0.379 e. The number of pyridine rings is 1. The van der Waals surface area contributed by atoms with Crippen molar-refractivity contribution in [3.63, 3.8) is 0 Å². The van der Waals surface area contributed by atoms with Crippen LogP contribution >= 0.6 is 0 Å². The van der Waals surface area contributed by atoms with Crippen LogP contribution in [0, 0.1) is 17.0 Å². The monoisotopic (exact) mass is 238 g/mol. The topological polar surface area (TPSA) is 80.5 Å². The van der Waals surface area contributed by atoms with Crippen molar-refractivity contribution < 1.29 is 9.66 Å². The zero-order valence-electron chi connectivity index (χ0n) is 9.55. The Morgan fingerprint density at radius 2 is 2.24 bits per heavy atom. The number of ether oxygens (including phenoxy) is 1. The van der Waals surface area contributed by atoms with E-state index in [-0.39, 0.29) is 11.5 Å². The smallest absolute Gasteiger partial charge is 0.312 e. The molecule has 0 radical (unpaired) electrons. The molecule has 2 heterocycles. The van der Waals surface area contributed by atoms with E-state index in [1.165, 1.54) is 6.07 Å². The number of hydrogen-bond donors (Lipinski definition) is 1. The number of aryl methyl sites for hydroxylation is 1. The molecule has 92 valence electrons. The van der Waals surface area contributed by atoms with Gasteiger partial charge in [-0.3, -0.25) is 15.5 Å². The summed E-state index contributed by atoms with van der Waals surface area (Å²) >= 11 is 0. The Kier molecular flexibility index (Phi) is 3.50. The first-order valence-electron chi connectivity index (χ1n) is 5.37. The number of nitro groups is 1. The van der Waals surface area contributed by atoms with Crippen molar-refractivity contribution in [1.82, 2.24) is 9.99 Å². The molecule has 0 saturated carbocycles. The number of morpholine rings is 1. The quantitative estimate of drug-likeness (QED) is 0.624. The first-order valence-corrected chi connectivity index (χ1v) is 5.37. The SMILES string of the molecule is Cc1cnc(NN2CCOCC2)c([N+](=O)[O-])c1. The maximum Gasteiger partial charge on any atom is 0.312 e. The van der Waals surface area contributed by atoms with E-state index in [4.69, 9.17) is 4.74 Å². The van der Waals surface area contributed by atoms with E-state index in [0.29, 0.717) is 26.3 Å². The molecule has 7 heteroatoms. The van der Waals surface area contributed by atoms with E-state index in [2.05, 4.69) is 10.4 Å². The maximum absolute atomic E-state index is 10.9. The minimum Gasteiger partial charge on any atom is -0.379 e. The van der Waals surface area contributed by atoms with E-state index < -0.39 is 4.92 Å². The van der Waals surface area contributed by atoms with Crippen LogP contribution in [-0.4, -0.2) is 41.2 Å². The van der Waals surface area contributed by atoms with Gasteiger partial charge in [-0.05, 0) is 12.5 Å². The lowest BCUT2D eigenvalue weighted by molar-refractivity contribution is -0.384. The Bertz CT molecular complexity index is 418. The minimum atomic E-state index is -0.428. The highest BCUT2D eigenvalue weighted by Crippen LogP contribution is 2.22. The van der Waals surface area contributed by atoms with Crippen LogP contribution < -0.4 is 5.43 Å². The summed E-state index contributed by atoms with van der Waals surface area (Å²) in [6, 6.07) is 1.51. The number of rotatable bonds is 3. The molecule has 1 aromatic rings. The molecule has 1 aromatic heterocycles. The van der Waals surface area contributed by atoms with Gasteiger partial charge in [-0.1, -0.05) is 0 Å². The predicted octanol–water partition coefficient (Wildman–Crippen LogP) is 0.957. The number of hydrogen-bond acceptors (Lipinski definition) is 6. The molecule has 1 N–H and O–H groups in total. The summed E-state index contributed by atoms with van der Waals surface area (Å²) in [6.07, 6.45) is 1.61. The molecule has 0 spiro atoms. The third-order valence-corrected chi connectivity index (χ3v) is 2.48. The second-order valence-corrected chi connectivity index (χ2v) is 3.85. The van der Waals surface area contributed by atoms with Crippen molar-refractivity contribution in [3.05, 3.63) is 27.9 Å². The summed E-state index contributed by atoms with van der Waals surface area (Å²) in [6.45, 7) is 4.39. The van der Waals surface area contributed by atoms with Crippen molar-refractivity contribution in [3.8, 4) is 0 Å². The van der Waals surface area contributed by atoms with Crippen molar-refractivity contribution in [2.45, 2.75) is 6.92 Å². The van der Waals surface area contributed by atoms with Crippen LogP contribution in [-0.2, 0) is 4.74 Å². The summed E-state index contributed by atoms with van der Waals surface area (Å²) in [4.78, 5) is 14.5. The van der Waals surface area contributed by atoms with E-state index in [1.54, 1.807) is 13.1 Å². The lowest BCUT2D eigenvalue weighted by atomic mass is 10.3. The molecule has 0 bridgehead atoms. The normalized spacial score (nSPS) is 16.8. The number of nitrogens with zero attached hydrogens (tertiary/aromatic N) is 3. The van der Waals surface area contributed by atoms with E-state index in [0.717, 1.165) is 5.56 Å². The van der Waals surface area contributed by atoms with Crippen LogP contribution in [0.15, 0.2) is 12.3 Å². The zero-order valence-corrected chi connectivity index (χ0v) is 9.55. The number of nitrogens with one attached hydrogen (secondary N) is 1. The maximum atomic E-state index is 10.9. The third-order valence-electron chi connectivity index (χ3n) is 2.48. The molecule has 0 aliphatic carbocycles. The second-order valence-electron chi connectivity index (χ2n) is 3.85. The first kappa shape index (κ1) is 11.7. The lowest BCUT2D eigenvalue weighted by Gasteiger charge is -2.27. The Balaban J connectivity index is 2.16. The molecule has 2 rings (SSSR count). The van der Waals surface area contributed by atoms with Crippen molar-refractivity contribution in [1.29, 1.82) is 0 Å². The average Bonchev–Trinajstić information content (AvgIpc) is 2.32. The highest BCUT2D eigenvalue weighted by Gasteiger charge is 2.19. The van der Waals surface area contributed by atoms with E-state index in [1.807, 2.05) is 5.01 Å². The first-order chi connectivity index (χ1) is 8.16. The second kappa shape index (κ2) is 5.07. The van der Waals surface area contributed by atoms with Gasteiger partial charge < -0.3 is 4.74 Å². The molecule has 1 aliphatic rings. The Morgan fingerprint density at radius 3 is 2.88 bits per heavy atom. The molecule has 1 aliphatic heterocycles. The summed E-state index contributed by atoms with van der Waals surface area (Å²) in [7, 11) is 0. The van der Waals surface area contributed by atoms with Gasteiger partial charge in [0.05, 0.1) is 18.1 Å². The number of aromatic nitrogens is 1. The molecule has 0 aromatic carbocycles. The van der Waals surface area contributed by atoms with Crippen LogP contribution in [0.3, 0.4) is 0 Å². The lowest BCUT2D eigenvalue weighted by Crippen LogP contribution is -2.40. The van der Waals surface area contributed by atoms with Crippen LogP contribution in [0.4, 0.5) is 11.5 Å². The van der Waals surface area contributed by atoms with Crippen LogP contribution in [0.2, 0.25) is 0 Å². The van der Waals surface area contributed by atoms with Crippen molar-refractivity contribution in [2.24, 2.45) is 0 Å². The fourth-order valence-electron chi connectivity index (χ4n) is 1.60. The van der Waals surface area contributed by atoms with Crippen LogP contribution in [0.1, 0.15) is 5.56 Å². The Hall–Kier alpha value is -1.73. The summed E-state index contributed by atoms with van der Waals surface area (Å²) in [5, 5.41) is 12.8. The van der Waals surface area contributed by atoms with Crippen molar-refractivity contribution in [2.75, 3.05) is 31.7 Å². The van der Waals surface area contributed by atoms with Gasteiger partial charge in [0, 0.05) is 25.4 Å². The summed E-state index contributed by atoms with van der Waals surface area (Å²) in [5.74, 6) is 0.280. The van der Waals surface area contributed by atoms with Gasteiger partial charge in [0.2, 0.25) is 5.82 Å². The zero-order chi connectivity index (χ0) is 12.3. The fourth-order valence-corrected chi connectivity index (χ4v) is 1.60. The van der Waals surface area contributed by atoms with E-state index in [9.17, 15) is 10.1 Å². The molecule has 1 fully saturated rings. The fraction of sp³-hybridized carbons (Fsp3) is 0.500. The highest BCUT2D eigenvalue weighted by atomic mass is 16.6. The Morgan fingerprint density at radius 1 is 1.53 bits per heavy atom. The molecule has 1 saturated heterocycles. The third kappa shape index (κ3) is 2.89.